The molecule has 6 heteroatoms. The van der Waals surface area contributed by atoms with Crippen molar-refractivity contribution in [3.8, 4) is 0 Å². The van der Waals surface area contributed by atoms with Crippen LogP contribution in [0.1, 0.15) is 5.56 Å². The predicted molar refractivity (Wildman–Crippen MR) is 82.7 cm³/mol. The van der Waals surface area contributed by atoms with Crippen LogP contribution in [0.25, 0.3) is 10.2 Å². The van der Waals surface area contributed by atoms with Gasteiger partial charge in [-0.3, -0.25) is 10.1 Å². The van der Waals surface area contributed by atoms with E-state index in [4.69, 9.17) is 4.74 Å². The minimum Gasteiger partial charge on any atom is -0.444 e. The number of anilines is 1. The van der Waals surface area contributed by atoms with E-state index in [9.17, 15) is 9.59 Å². The number of amides is 1. The fourth-order valence-electron chi connectivity index (χ4n) is 1.91. The van der Waals surface area contributed by atoms with Gasteiger partial charge in [-0.2, -0.15) is 0 Å². The normalized spacial score (nSPS) is 10.5. The van der Waals surface area contributed by atoms with Crippen LogP contribution in [0.4, 0.5) is 10.5 Å². The number of aromatic amines is 1. The lowest BCUT2D eigenvalue weighted by atomic mass is 10.2. The summed E-state index contributed by atoms with van der Waals surface area (Å²) in [6, 6.07) is 14.7. The molecule has 21 heavy (non-hydrogen) atoms. The van der Waals surface area contributed by atoms with Gasteiger partial charge in [-0.15, -0.1) is 0 Å². The van der Waals surface area contributed by atoms with Crippen molar-refractivity contribution in [1.82, 2.24) is 4.98 Å². The molecule has 3 rings (SSSR count). The molecule has 0 aliphatic carbocycles. The second-order valence-corrected chi connectivity index (χ2v) is 5.43. The van der Waals surface area contributed by atoms with E-state index >= 15 is 0 Å². The van der Waals surface area contributed by atoms with Crippen LogP contribution in [0.2, 0.25) is 0 Å². The van der Waals surface area contributed by atoms with Crippen LogP contribution >= 0.6 is 11.3 Å². The van der Waals surface area contributed by atoms with Crippen LogP contribution < -0.4 is 10.2 Å². The second-order valence-electron chi connectivity index (χ2n) is 4.41. The number of carbonyl (C=O) groups is 1. The van der Waals surface area contributed by atoms with Gasteiger partial charge in [-0.25, -0.2) is 4.79 Å². The molecule has 0 unspecified atom stereocenters. The highest BCUT2D eigenvalue weighted by atomic mass is 32.1. The topological polar surface area (TPSA) is 71.2 Å². The third kappa shape index (κ3) is 3.29. The van der Waals surface area contributed by atoms with Crippen molar-refractivity contribution in [3.05, 3.63) is 63.8 Å². The van der Waals surface area contributed by atoms with Gasteiger partial charge >= 0.3 is 11.0 Å². The number of rotatable bonds is 3. The second kappa shape index (κ2) is 5.80. The Morgan fingerprint density at radius 1 is 1.19 bits per heavy atom. The smallest absolute Gasteiger partial charge is 0.411 e. The van der Waals surface area contributed by atoms with E-state index in [1.54, 1.807) is 18.2 Å². The van der Waals surface area contributed by atoms with Crippen LogP contribution in [0.3, 0.4) is 0 Å². The molecule has 0 saturated carbocycles. The van der Waals surface area contributed by atoms with Gasteiger partial charge in [-0.1, -0.05) is 41.7 Å². The zero-order valence-electron chi connectivity index (χ0n) is 11.0. The van der Waals surface area contributed by atoms with E-state index in [-0.39, 0.29) is 11.5 Å². The molecule has 0 bridgehead atoms. The number of nitrogens with one attached hydrogen (secondary N) is 2. The quantitative estimate of drug-likeness (QED) is 0.779. The molecule has 0 aliphatic rings. The summed E-state index contributed by atoms with van der Waals surface area (Å²) in [5, 5.41) is 2.63. The van der Waals surface area contributed by atoms with Crippen LogP contribution in [-0.4, -0.2) is 11.1 Å². The SMILES string of the molecule is O=C(Nc1ccc2sc(=O)[nH]c2c1)OCc1ccccc1. The Labute approximate surface area is 124 Å². The van der Waals surface area contributed by atoms with Crippen molar-refractivity contribution in [2.24, 2.45) is 0 Å². The van der Waals surface area contributed by atoms with Crippen molar-refractivity contribution in [3.63, 3.8) is 0 Å². The number of fused-ring (bicyclic) bond motifs is 1. The molecule has 2 N–H and O–H groups in total. The first-order valence-electron chi connectivity index (χ1n) is 6.31. The molecule has 3 aromatic rings. The highest BCUT2D eigenvalue weighted by molar-refractivity contribution is 7.16. The zero-order valence-corrected chi connectivity index (χ0v) is 11.8. The van der Waals surface area contributed by atoms with E-state index < -0.39 is 6.09 Å². The first-order chi connectivity index (χ1) is 10.2. The molecular formula is C15H12N2O3S. The van der Waals surface area contributed by atoms with Crippen molar-refractivity contribution >= 4 is 33.3 Å². The zero-order chi connectivity index (χ0) is 14.7. The standard InChI is InChI=1S/C15H12N2O3S/c18-14(20-9-10-4-2-1-3-5-10)16-11-6-7-13-12(8-11)17-15(19)21-13/h1-8H,9H2,(H,16,18)(H,17,19). The summed E-state index contributed by atoms with van der Waals surface area (Å²) >= 11 is 1.13. The fourth-order valence-corrected chi connectivity index (χ4v) is 2.62. The van der Waals surface area contributed by atoms with Crippen molar-refractivity contribution in [2.75, 3.05) is 5.32 Å². The number of carbonyl (C=O) groups excluding carboxylic acids is 1. The molecule has 0 saturated heterocycles. The summed E-state index contributed by atoms with van der Waals surface area (Å²) in [4.78, 5) is 25.5. The van der Waals surface area contributed by atoms with E-state index in [2.05, 4.69) is 10.3 Å². The van der Waals surface area contributed by atoms with Crippen molar-refractivity contribution in [2.45, 2.75) is 6.61 Å². The number of H-pyrrole nitrogens is 1. The first-order valence-corrected chi connectivity index (χ1v) is 7.13. The molecule has 2 aromatic carbocycles. The summed E-state index contributed by atoms with van der Waals surface area (Å²) in [5.74, 6) is 0. The monoisotopic (exact) mass is 300 g/mol. The van der Waals surface area contributed by atoms with Crippen LogP contribution in [0.5, 0.6) is 0 Å². The van der Waals surface area contributed by atoms with Gasteiger partial charge in [0.05, 0.1) is 10.2 Å². The van der Waals surface area contributed by atoms with Crippen LogP contribution in [-0.2, 0) is 11.3 Å². The molecule has 1 heterocycles. The molecular weight excluding hydrogens is 288 g/mol. The Morgan fingerprint density at radius 3 is 2.81 bits per heavy atom. The first kappa shape index (κ1) is 13.4. The average Bonchev–Trinajstić information content (AvgIpc) is 2.85. The number of hydrogen-bond acceptors (Lipinski definition) is 4. The number of thiazole rings is 1. The Morgan fingerprint density at radius 2 is 2.00 bits per heavy atom. The number of benzene rings is 2. The minimum absolute atomic E-state index is 0.117. The highest BCUT2D eigenvalue weighted by Gasteiger charge is 2.06. The van der Waals surface area contributed by atoms with E-state index in [0.29, 0.717) is 11.2 Å². The molecule has 0 fully saturated rings. The lowest BCUT2D eigenvalue weighted by Crippen LogP contribution is -2.13. The number of ether oxygens (including phenoxy) is 1. The number of aromatic nitrogens is 1. The Hall–Kier alpha value is -2.60. The molecule has 106 valence electrons. The molecule has 1 amide bonds. The summed E-state index contributed by atoms with van der Waals surface area (Å²) in [5.41, 5.74) is 2.20. The molecule has 0 spiro atoms. The van der Waals surface area contributed by atoms with Gasteiger partial charge in [0, 0.05) is 5.69 Å². The third-order valence-electron chi connectivity index (χ3n) is 2.88. The number of hydrogen-bond donors (Lipinski definition) is 2. The maximum atomic E-state index is 11.7. The summed E-state index contributed by atoms with van der Waals surface area (Å²) in [6.07, 6.45) is -0.532. The lowest BCUT2D eigenvalue weighted by Gasteiger charge is -2.07. The van der Waals surface area contributed by atoms with E-state index in [0.717, 1.165) is 21.6 Å². The summed E-state index contributed by atoms with van der Waals surface area (Å²) in [7, 11) is 0. The minimum atomic E-state index is -0.532. The largest absolute Gasteiger partial charge is 0.444 e. The maximum absolute atomic E-state index is 11.7. The van der Waals surface area contributed by atoms with E-state index in [1.165, 1.54) is 0 Å². The fraction of sp³-hybridized carbons (Fsp3) is 0.0667. The van der Waals surface area contributed by atoms with Gasteiger partial charge in [0.15, 0.2) is 0 Å². The highest BCUT2D eigenvalue weighted by Crippen LogP contribution is 2.19. The van der Waals surface area contributed by atoms with Crippen LogP contribution in [0.15, 0.2) is 53.3 Å². The van der Waals surface area contributed by atoms with E-state index in [1.807, 2.05) is 30.3 Å². The average molecular weight is 300 g/mol. The van der Waals surface area contributed by atoms with Crippen molar-refractivity contribution < 1.29 is 9.53 Å². The molecule has 5 nitrogen and oxygen atoms in total. The maximum Gasteiger partial charge on any atom is 0.411 e. The molecule has 0 aliphatic heterocycles. The third-order valence-corrected chi connectivity index (χ3v) is 3.74. The Balaban J connectivity index is 1.64. The van der Waals surface area contributed by atoms with Gasteiger partial charge in [-0.05, 0) is 23.8 Å². The molecule has 0 radical (unpaired) electrons. The van der Waals surface area contributed by atoms with Gasteiger partial charge in [0.25, 0.3) is 0 Å². The van der Waals surface area contributed by atoms with Crippen LogP contribution in [0, 0.1) is 0 Å². The predicted octanol–water partition coefficient (Wildman–Crippen LogP) is 3.34. The van der Waals surface area contributed by atoms with Crippen molar-refractivity contribution in [1.29, 1.82) is 0 Å². The lowest BCUT2D eigenvalue weighted by molar-refractivity contribution is 0.155. The Kier molecular flexibility index (Phi) is 3.70. The van der Waals surface area contributed by atoms with Gasteiger partial charge in [0.1, 0.15) is 6.61 Å². The van der Waals surface area contributed by atoms with Gasteiger partial charge in [0.2, 0.25) is 0 Å². The molecule has 0 atom stereocenters. The van der Waals surface area contributed by atoms with Gasteiger partial charge < -0.3 is 9.72 Å². The summed E-state index contributed by atoms with van der Waals surface area (Å²) in [6.45, 7) is 0.213. The Bertz CT molecular complexity index is 824. The molecule has 1 aromatic heterocycles. The summed E-state index contributed by atoms with van der Waals surface area (Å²) < 4.78 is 5.98.